The number of carbonyl (C=O) groups is 1. The summed E-state index contributed by atoms with van der Waals surface area (Å²) in [5.74, 6) is -0.117. The summed E-state index contributed by atoms with van der Waals surface area (Å²) >= 11 is 0. The van der Waals surface area contributed by atoms with E-state index in [1.807, 2.05) is 0 Å². The fourth-order valence-electron chi connectivity index (χ4n) is 2.53. The average Bonchev–Trinajstić information content (AvgIpc) is 2.63. The number of rotatable bonds is 4. The van der Waals surface area contributed by atoms with Gasteiger partial charge < -0.3 is 9.64 Å². The normalized spacial score (nSPS) is 17.8. The van der Waals surface area contributed by atoms with Gasteiger partial charge in [0.15, 0.2) is 0 Å². The minimum Gasteiger partial charge on any atom is -0.458 e. The summed E-state index contributed by atoms with van der Waals surface area (Å²) in [5, 5.41) is 0. The highest BCUT2D eigenvalue weighted by molar-refractivity contribution is 5.92. The molecule has 23 heavy (non-hydrogen) atoms. The molecule has 0 radical (unpaired) electrons. The van der Waals surface area contributed by atoms with Gasteiger partial charge in [0.2, 0.25) is 0 Å². The van der Waals surface area contributed by atoms with Crippen molar-refractivity contribution in [1.29, 1.82) is 0 Å². The maximum Gasteiger partial charge on any atom is 0.316 e. The Balaban J connectivity index is 1.62. The van der Waals surface area contributed by atoms with Gasteiger partial charge in [-0.25, -0.2) is 15.0 Å². The number of carbonyl (C=O) groups excluding carboxylic acids is 1. The maximum absolute atomic E-state index is 12.4. The molecular formula is C16H19N5O2. The van der Waals surface area contributed by atoms with Gasteiger partial charge in [0.1, 0.15) is 11.8 Å². The molecule has 1 aliphatic rings. The number of ether oxygens (including phenoxy) is 1. The summed E-state index contributed by atoms with van der Waals surface area (Å²) in [6.45, 7) is 3.26. The summed E-state index contributed by atoms with van der Waals surface area (Å²) in [7, 11) is 0. The fourth-order valence-corrected chi connectivity index (χ4v) is 2.53. The van der Waals surface area contributed by atoms with Crippen LogP contribution in [0, 0.1) is 0 Å². The molecule has 1 amide bonds. The number of hydrogen-bond acceptors (Lipinski definition) is 6. The Morgan fingerprint density at radius 2 is 2.09 bits per heavy atom. The first kappa shape index (κ1) is 15.3. The Hall–Kier alpha value is -2.57. The van der Waals surface area contributed by atoms with E-state index in [1.165, 1.54) is 12.4 Å². The van der Waals surface area contributed by atoms with Gasteiger partial charge in [-0.1, -0.05) is 6.92 Å². The van der Waals surface area contributed by atoms with Crippen LogP contribution in [0.15, 0.2) is 31.0 Å². The van der Waals surface area contributed by atoms with Crippen LogP contribution in [-0.4, -0.2) is 49.9 Å². The topological polar surface area (TPSA) is 81.1 Å². The SMILES string of the molecule is CCc1cnc(OC2CCCN(C(=O)c3cnccn3)C2)nc1. The maximum atomic E-state index is 12.4. The highest BCUT2D eigenvalue weighted by Crippen LogP contribution is 2.17. The number of piperidine rings is 1. The highest BCUT2D eigenvalue weighted by atomic mass is 16.5. The second-order valence-corrected chi connectivity index (χ2v) is 5.45. The van der Waals surface area contributed by atoms with E-state index in [9.17, 15) is 4.79 Å². The molecule has 120 valence electrons. The van der Waals surface area contributed by atoms with Crippen molar-refractivity contribution in [1.82, 2.24) is 24.8 Å². The molecule has 0 bridgehead atoms. The second-order valence-electron chi connectivity index (χ2n) is 5.45. The van der Waals surface area contributed by atoms with Crippen molar-refractivity contribution >= 4 is 5.91 Å². The largest absolute Gasteiger partial charge is 0.458 e. The van der Waals surface area contributed by atoms with Crippen molar-refractivity contribution in [2.75, 3.05) is 13.1 Å². The summed E-state index contributed by atoms with van der Waals surface area (Å²) in [6, 6.07) is 0.362. The zero-order valence-corrected chi connectivity index (χ0v) is 13.1. The van der Waals surface area contributed by atoms with Crippen molar-refractivity contribution in [3.8, 4) is 6.01 Å². The van der Waals surface area contributed by atoms with Crippen molar-refractivity contribution in [2.24, 2.45) is 0 Å². The number of aryl methyl sites for hydroxylation is 1. The van der Waals surface area contributed by atoms with Crippen molar-refractivity contribution in [3.05, 3.63) is 42.2 Å². The lowest BCUT2D eigenvalue weighted by Gasteiger charge is -2.32. The molecule has 0 saturated carbocycles. The number of amides is 1. The molecule has 1 saturated heterocycles. The van der Waals surface area contributed by atoms with Crippen LogP contribution in [0.4, 0.5) is 0 Å². The van der Waals surface area contributed by atoms with E-state index in [0.29, 0.717) is 24.8 Å². The van der Waals surface area contributed by atoms with Crippen LogP contribution in [0.3, 0.4) is 0 Å². The second kappa shape index (κ2) is 7.13. The molecule has 7 nitrogen and oxygen atoms in total. The Labute approximate surface area is 134 Å². The lowest BCUT2D eigenvalue weighted by Crippen LogP contribution is -2.44. The molecule has 3 rings (SSSR count). The Morgan fingerprint density at radius 3 is 2.78 bits per heavy atom. The lowest BCUT2D eigenvalue weighted by atomic mass is 10.1. The molecule has 3 heterocycles. The smallest absolute Gasteiger partial charge is 0.316 e. The zero-order chi connectivity index (χ0) is 16.1. The Morgan fingerprint density at radius 1 is 1.26 bits per heavy atom. The summed E-state index contributed by atoms with van der Waals surface area (Å²) in [5.41, 5.74) is 1.43. The number of nitrogens with zero attached hydrogens (tertiary/aromatic N) is 5. The quantitative estimate of drug-likeness (QED) is 0.851. The highest BCUT2D eigenvalue weighted by Gasteiger charge is 2.26. The van der Waals surface area contributed by atoms with Gasteiger partial charge in [-0.2, -0.15) is 0 Å². The third-order valence-electron chi connectivity index (χ3n) is 3.81. The molecule has 0 aromatic carbocycles. The summed E-state index contributed by atoms with van der Waals surface area (Å²) in [4.78, 5) is 30.6. The summed E-state index contributed by atoms with van der Waals surface area (Å²) < 4.78 is 5.82. The van der Waals surface area contributed by atoms with E-state index < -0.39 is 0 Å². The predicted molar refractivity (Wildman–Crippen MR) is 83.0 cm³/mol. The van der Waals surface area contributed by atoms with Crippen LogP contribution >= 0.6 is 0 Å². The van der Waals surface area contributed by atoms with E-state index in [2.05, 4.69) is 26.9 Å². The van der Waals surface area contributed by atoms with E-state index in [4.69, 9.17) is 4.74 Å². The third-order valence-corrected chi connectivity index (χ3v) is 3.81. The molecule has 2 aromatic rings. The predicted octanol–water partition coefficient (Wildman–Crippen LogP) is 1.51. The standard InChI is InChI=1S/C16H19N5O2/c1-2-12-8-19-16(20-9-12)23-13-4-3-7-21(11-13)15(22)14-10-17-5-6-18-14/h5-6,8-10,13H,2-4,7,11H2,1H3. The first-order valence-corrected chi connectivity index (χ1v) is 7.79. The molecule has 7 heteroatoms. The Bertz CT molecular complexity index is 647. The molecule has 0 N–H and O–H groups in total. The number of likely N-dealkylation sites (tertiary alicyclic amines) is 1. The third kappa shape index (κ3) is 3.80. The lowest BCUT2D eigenvalue weighted by molar-refractivity contribution is 0.0510. The van der Waals surface area contributed by atoms with Gasteiger partial charge in [0.25, 0.3) is 5.91 Å². The first-order valence-electron chi connectivity index (χ1n) is 7.79. The van der Waals surface area contributed by atoms with Gasteiger partial charge in [-0.15, -0.1) is 0 Å². The van der Waals surface area contributed by atoms with Gasteiger partial charge >= 0.3 is 6.01 Å². The van der Waals surface area contributed by atoms with E-state index in [-0.39, 0.29) is 12.0 Å². The molecule has 0 spiro atoms. The van der Waals surface area contributed by atoms with Gasteiger partial charge in [-0.05, 0) is 24.8 Å². The molecule has 1 aliphatic heterocycles. The van der Waals surface area contributed by atoms with Crippen LogP contribution in [0.1, 0.15) is 35.8 Å². The van der Waals surface area contributed by atoms with Gasteiger partial charge in [0, 0.05) is 31.3 Å². The minimum atomic E-state index is -0.117. The minimum absolute atomic E-state index is 0.100. The number of aromatic nitrogens is 4. The molecule has 1 atom stereocenters. The molecule has 0 aliphatic carbocycles. The van der Waals surface area contributed by atoms with Crippen LogP contribution in [0.2, 0.25) is 0 Å². The molecule has 1 fully saturated rings. The number of hydrogen-bond donors (Lipinski definition) is 0. The van der Waals surface area contributed by atoms with E-state index in [1.54, 1.807) is 23.5 Å². The van der Waals surface area contributed by atoms with Crippen molar-refractivity contribution in [2.45, 2.75) is 32.3 Å². The van der Waals surface area contributed by atoms with Gasteiger partial charge in [0.05, 0.1) is 12.7 Å². The fraction of sp³-hybridized carbons (Fsp3) is 0.438. The first-order chi connectivity index (χ1) is 11.3. The van der Waals surface area contributed by atoms with Crippen LogP contribution in [0.5, 0.6) is 6.01 Å². The van der Waals surface area contributed by atoms with Crippen LogP contribution in [-0.2, 0) is 6.42 Å². The van der Waals surface area contributed by atoms with Crippen LogP contribution in [0.25, 0.3) is 0 Å². The van der Waals surface area contributed by atoms with Crippen LogP contribution < -0.4 is 4.74 Å². The van der Waals surface area contributed by atoms with E-state index >= 15 is 0 Å². The molecule has 2 aromatic heterocycles. The zero-order valence-electron chi connectivity index (χ0n) is 13.1. The molecule has 1 unspecified atom stereocenters. The summed E-state index contributed by atoms with van der Waals surface area (Å²) in [6.07, 6.45) is 10.7. The van der Waals surface area contributed by atoms with Gasteiger partial charge in [-0.3, -0.25) is 9.78 Å². The Kier molecular flexibility index (Phi) is 4.75. The van der Waals surface area contributed by atoms with Crippen molar-refractivity contribution < 1.29 is 9.53 Å². The van der Waals surface area contributed by atoms with Crippen molar-refractivity contribution in [3.63, 3.8) is 0 Å². The average molecular weight is 313 g/mol. The monoisotopic (exact) mass is 313 g/mol. The van der Waals surface area contributed by atoms with E-state index in [0.717, 1.165) is 24.8 Å². The molecular weight excluding hydrogens is 294 g/mol.